The second-order valence-electron chi connectivity index (χ2n) is 10.2. The van der Waals surface area contributed by atoms with E-state index in [1.807, 2.05) is 38.1 Å². The molecule has 0 heterocycles. The smallest absolute Gasteiger partial charge is 0.407 e. The molecule has 0 aliphatic heterocycles. The Bertz CT molecular complexity index is 1050. The quantitative estimate of drug-likeness (QED) is 0.464. The summed E-state index contributed by atoms with van der Waals surface area (Å²) in [5, 5.41) is 14.9. The molecule has 1 fully saturated rings. The van der Waals surface area contributed by atoms with Gasteiger partial charge in [-0.05, 0) is 46.4 Å². The fourth-order valence-electron chi connectivity index (χ4n) is 5.29. The predicted octanol–water partition coefficient (Wildman–Crippen LogP) is 4.56. The predicted molar refractivity (Wildman–Crippen MR) is 133 cm³/mol. The van der Waals surface area contributed by atoms with Crippen LogP contribution in [-0.2, 0) is 14.3 Å². The fraction of sp³-hybridized carbons (Fsp3) is 0.464. The number of benzene rings is 2. The standard InChI is InChI=1S/C28H34N2O5/c1-18(2)23(26(33)30-17-28(12-7-13-28)14-25(31)32)15-29-27(34)35-16-24-21-10-5-3-8-19(21)20-9-4-6-11-22(20)24/h3-6,8-11,18,23-24H,7,12-17H2,1-2H3,(H,29,34)(H,30,33)(H,31,32). The van der Waals surface area contributed by atoms with Crippen molar-refractivity contribution in [3.8, 4) is 11.1 Å². The molecule has 2 amide bonds. The molecule has 7 nitrogen and oxygen atoms in total. The average molecular weight is 479 g/mol. The molecule has 3 N–H and O–H groups in total. The summed E-state index contributed by atoms with van der Waals surface area (Å²) >= 11 is 0. The first kappa shape index (κ1) is 24.8. The molecule has 0 aromatic heterocycles. The van der Waals surface area contributed by atoms with Crippen molar-refractivity contribution in [3.63, 3.8) is 0 Å². The molecule has 2 aliphatic rings. The Kier molecular flexibility index (Phi) is 7.43. The van der Waals surface area contributed by atoms with E-state index in [4.69, 9.17) is 4.74 Å². The summed E-state index contributed by atoms with van der Waals surface area (Å²) in [6.45, 7) is 4.59. The zero-order chi connectivity index (χ0) is 25.0. The summed E-state index contributed by atoms with van der Waals surface area (Å²) in [6, 6.07) is 16.3. The fourth-order valence-corrected chi connectivity index (χ4v) is 5.29. The Balaban J connectivity index is 1.30. The molecule has 2 aromatic rings. The van der Waals surface area contributed by atoms with Gasteiger partial charge in [0.25, 0.3) is 0 Å². The Labute approximate surface area is 206 Å². The molecule has 0 spiro atoms. The Morgan fingerprint density at radius 2 is 1.60 bits per heavy atom. The molecule has 0 saturated heterocycles. The number of carbonyl (C=O) groups excluding carboxylic acids is 2. The zero-order valence-electron chi connectivity index (χ0n) is 20.4. The van der Waals surface area contributed by atoms with Crippen LogP contribution < -0.4 is 10.6 Å². The molecule has 1 saturated carbocycles. The highest BCUT2D eigenvalue weighted by atomic mass is 16.5. The molecule has 2 aromatic carbocycles. The number of ether oxygens (including phenoxy) is 1. The van der Waals surface area contributed by atoms with E-state index >= 15 is 0 Å². The van der Waals surface area contributed by atoms with Crippen molar-refractivity contribution in [2.75, 3.05) is 19.7 Å². The largest absolute Gasteiger partial charge is 0.481 e. The van der Waals surface area contributed by atoms with Gasteiger partial charge < -0.3 is 20.5 Å². The van der Waals surface area contributed by atoms with Crippen LogP contribution in [0.2, 0.25) is 0 Å². The molecule has 7 heteroatoms. The van der Waals surface area contributed by atoms with Crippen molar-refractivity contribution in [3.05, 3.63) is 59.7 Å². The van der Waals surface area contributed by atoms with Gasteiger partial charge in [0.15, 0.2) is 0 Å². The number of nitrogens with one attached hydrogen (secondary N) is 2. The maximum absolute atomic E-state index is 12.9. The number of alkyl carbamates (subject to hydrolysis) is 1. The summed E-state index contributed by atoms with van der Waals surface area (Å²) in [5.41, 5.74) is 4.28. The van der Waals surface area contributed by atoms with E-state index in [-0.39, 0.29) is 42.7 Å². The van der Waals surface area contributed by atoms with Crippen LogP contribution in [0.25, 0.3) is 11.1 Å². The van der Waals surface area contributed by atoms with Gasteiger partial charge in [0.1, 0.15) is 6.61 Å². The number of carboxylic acids is 1. The Hall–Kier alpha value is -3.35. The minimum absolute atomic E-state index is 0.000648. The number of carbonyl (C=O) groups is 3. The monoisotopic (exact) mass is 478 g/mol. The molecule has 0 radical (unpaired) electrons. The second kappa shape index (κ2) is 10.5. The summed E-state index contributed by atoms with van der Waals surface area (Å²) in [5.74, 6) is -1.46. The number of aliphatic carboxylic acids is 1. The van der Waals surface area contributed by atoms with E-state index in [1.54, 1.807) is 0 Å². The van der Waals surface area contributed by atoms with E-state index in [9.17, 15) is 19.5 Å². The van der Waals surface area contributed by atoms with Crippen molar-refractivity contribution in [1.82, 2.24) is 10.6 Å². The van der Waals surface area contributed by atoms with Gasteiger partial charge in [-0.1, -0.05) is 68.8 Å². The van der Waals surface area contributed by atoms with Crippen molar-refractivity contribution >= 4 is 18.0 Å². The topological polar surface area (TPSA) is 105 Å². The maximum Gasteiger partial charge on any atom is 0.407 e. The van der Waals surface area contributed by atoms with E-state index in [2.05, 4.69) is 34.9 Å². The molecule has 1 atom stereocenters. The third-order valence-electron chi connectivity index (χ3n) is 7.53. The van der Waals surface area contributed by atoms with Crippen LogP contribution in [0.3, 0.4) is 0 Å². The number of rotatable bonds is 10. The van der Waals surface area contributed by atoms with Gasteiger partial charge >= 0.3 is 12.1 Å². The second-order valence-corrected chi connectivity index (χ2v) is 10.2. The van der Waals surface area contributed by atoms with Gasteiger partial charge in [0.05, 0.1) is 12.3 Å². The van der Waals surface area contributed by atoms with Crippen LogP contribution in [0, 0.1) is 17.3 Å². The maximum atomic E-state index is 12.9. The third-order valence-corrected chi connectivity index (χ3v) is 7.53. The minimum Gasteiger partial charge on any atom is -0.481 e. The number of hydrogen-bond acceptors (Lipinski definition) is 4. The van der Waals surface area contributed by atoms with Crippen LogP contribution in [0.15, 0.2) is 48.5 Å². The van der Waals surface area contributed by atoms with Crippen molar-refractivity contribution in [1.29, 1.82) is 0 Å². The lowest BCUT2D eigenvalue weighted by Crippen LogP contribution is -2.47. The van der Waals surface area contributed by atoms with Gasteiger partial charge in [0, 0.05) is 19.0 Å². The molecule has 186 valence electrons. The zero-order valence-corrected chi connectivity index (χ0v) is 20.4. The van der Waals surface area contributed by atoms with Gasteiger partial charge in [-0.15, -0.1) is 0 Å². The van der Waals surface area contributed by atoms with Gasteiger partial charge in [-0.25, -0.2) is 4.79 Å². The summed E-state index contributed by atoms with van der Waals surface area (Å²) in [6.07, 6.45) is 2.12. The van der Waals surface area contributed by atoms with E-state index in [0.29, 0.717) is 6.54 Å². The summed E-state index contributed by atoms with van der Waals surface area (Å²) < 4.78 is 5.59. The van der Waals surface area contributed by atoms with Gasteiger partial charge in [0.2, 0.25) is 5.91 Å². The van der Waals surface area contributed by atoms with E-state index in [0.717, 1.165) is 30.4 Å². The van der Waals surface area contributed by atoms with Gasteiger partial charge in [-0.2, -0.15) is 0 Å². The number of fused-ring (bicyclic) bond motifs is 3. The average Bonchev–Trinajstić information content (AvgIpc) is 3.12. The highest BCUT2D eigenvalue weighted by molar-refractivity contribution is 5.81. The van der Waals surface area contributed by atoms with E-state index < -0.39 is 18.0 Å². The summed E-state index contributed by atoms with van der Waals surface area (Å²) in [7, 11) is 0. The highest BCUT2D eigenvalue weighted by Gasteiger charge is 2.39. The normalized spacial score (nSPS) is 16.5. The SMILES string of the molecule is CC(C)C(CNC(=O)OCC1c2ccccc2-c2ccccc21)C(=O)NCC1(CC(=O)O)CCC1. The van der Waals surface area contributed by atoms with Crippen molar-refractivity contribution in [2.24, 2.45) is 17.3 Å². The Morgan fingerprint density at radius 3 is 2.11 bits per heavy atom. The lowest BCUT2D eigenvalue weighted by molar-refractivity contribution is -0.142. The molecule has 4 rings (SSSR count). The first-order chi connectivity index (χ1) is 16.8. The third kappa shape index (κ3) is 5.50. The molecule has 35 heavy (non-hydrogen) atoms. The minimum atomic E-state index is -0.837. The van der Waals surface area contributed by atoms with Crippen LogP contribution in [0.4, 0.5) is 4.79 Å². The number of amides is 2. The number of carboxylic acid groups (broad SMARTS) is 1. The molecular weight excluding hydrogens is 444 g/mol. The highest BCUT2D eigenvalue weighted by Crippen LogP contribution is 2.45. The van der Waals surface area contributed by atoms with Crippen LogP contribution in [-0.4, -0.2) is 42.8 Å². The van der Waals surface area contributed by atoms with Crippen LogP contribution in [0.5, 0.6) is 0 Å². The van der Waals surface area contributed by atoms with Crippen LogP contribution >= 0.6 is 0 Å². The molecular formula is C28H34N2O5. The van der Waals surface area contributed by atoms with Crippen LogP contribution in [0.1, 0.15) is 56.6 Å². The van der Waals surface area contributed by atoms with Gasteiger partial charge in [-0.3, -0.25) is 9.59 Å². The molecule has 2 aliphatic carbocycles. The molecule has 1 unspecified atom stereocenters. The lowest BCUT2D eigenvalue weighted by Gasteiger charge is -2.41. The lowest BCUT2D eigenvalue weighted by atomic mass is 9.66. The first-order valence-electron chi connectivity index (χ1n) is 12.4. The number of hydrogen-bond donors (Lipinski definition) is 3. The van der Waals surface area contributed by atoms with Crippen molar-refractivity contribution in [2.45, 2.75) is 45.4 Å². The van der Waals surface area contributed by atoms with Crippen molar-refractivity contribution < 1.29 is 24.2 Å². The first-order valence-corrected chi connectivity index (χ1v) is 12.4. The van der Waals surface area contributed by atoms with E-state index in [1.165, 1.54) is 11.1 Å². The summed E-state index contributed by atoms with van der Waals surface area (Å²) in [4.78, 5) is 36.6. The Morgan fingerprint density at radius 1 is 1.00 bits per heavy atom. The molecule has 0 bridgehead atoms.